The average Bonchev–Trinajstić information content (AvgIpc) is 3.12. The third-order valence-electron chi connectivity index (χ3n) is 4.42. The van der Waals surface area contributed by atoms with Gasteiger partial charge in [-0.15, -0.1) is 0 Å². The Labute approximate surface area is 182 Å². The number of aromatic amines is 1. The van der Waals surface area contributed by atoms with Crippen molar-refractivity contribution in [3.8, 4) is 28.5 Å². The van der Waals surface area contributed by atoms with Crippen LogP contribution in [0.1, 0.15) is 11.5 Å². The highest BCUT2D eigenvalue weighted by Gasteiger charge is 2.13. The van der Waals surface area contributed by atoms with Crippen LogP contribution in [0.5, 0.6) is 5.75 Å². The quantitative estimate of drug-likeness (QED) is 0.322. The molecule has 0 atom stereocenters. The van der Waals surface area contributed by atoms with Crippen molar-refractivity contribution in [1.82, 2.24) is 15.0 Å². The van der Waals surface area contributed by atoms with E-state index in [0.717, 1.165) is 28.3 Å². The second kappa shape index (κ2) is 8.77. The summed E-state index contributed by atoms with van der Waals surface area (Å²) in [7, 11) is 1.62. The molecule has 0 fully saturated rings. The van der Waals surface area contributed by atoms with Crippen LogP contribution in [0.3, 0.4) is 0 Å². The second-order valence-corrected chi connectivity index (χ2v) is 7.89. The fourth-order valence-corrected chi connectivity index (χ4v) is 3.92. The van der Waals surface area contributed by atoms with Crippen molar-refractivity contribution in [1.29, 1.82) is 0 Å². The Morgan fingerprint density at radius 1 is 1.10 bits per heavy atom. The summed E-state index contributed by atoms with van der Waals surface area (Å²) in [6.45, 7) is 1.87. The Morgan fingerprint density at radius 3 is 2.63 bits per heavy atom. The zero-order chi connectivity index (χ0) is 21.1. The normalized spacial score (nSPS) is 10.9. The maximum Gasteiger partial charge on any atom is 0.252 e. The Bertz CT molecular complexity index is 1240. The number of nitrogens with one attached hydrogen (secondary N) is 1. The second-order valence-electron chi connectivity index (χ2n) is 6.49. The van der Waals surface area contributed by atoms with Gasteiger partial charge in [0, 0.05) is 28.0 Å². The van der Waals surface area contributed by atoms with Gasteiger partial charge in [-0.2, -0.15) is 0 Å². The van der Waals surface area contributed by atoms with E-state index >= 15 is 0 Å². The zero-order valence-corrected chi connectivity index (χ0v) is 17.9. The summed E-state index contributed by atoms with van der Waals surface area (Å²) in [6, 6.07) is 16.2. The number of ether oxygens (including phenoxy) is 1. The molecule has 0 aliphatic heterocycles. The van der Waals surface area contributed by atoms with E-state index in [0.29, 0.717) is 27.5 Å². The van der Waals surface area contributed by atoms with E-state index in [1.165, 1.54) is 17.8 Å². The minimum absolute atomic E-state index is 0.224. The Balaban J connectivity index is 1.53. The predicted octanol–water partition coefficient (Wildman–Crippen LogP) is 5.35. The number of H-pyrrole nitrogens is 1. The van der Waals surface area contributed by atoms with E-state index in [2.05, 4.69) is 15.0 Å². The van der Waals surface area contributed by atoms with Gasteiger partial charge in [-0.05, 0) is 43.3 Å². The van der Waals surface area contributed by atoms with Crippen LogP contribution in [0.4, 0.5) is 0 Å². The Hall–Kier alpha value is -3.03. The molecule has 2 aromatic heterocycles. The molecule has 0 radical (unpaired) electrons. The average molecular weight is 440 g/mol. The molecule has 30 heavy (non-hydrogen) atoms. The number of benzene rings is 2. The molecule has 152 valence electrons. The maximum atomic E-state index is 12.1. The number of rotatable bonds is 6. The number of nitrogens with zero attached hydrogens (tertiary/aromatic N) is 2. The number of thioether (sulfide) groups is 1. The molecule has 0 amide bonds. The molecule has 2 heterocycles. The molecule has 4 aromatic rings. The summed E-state index contributed by atoms with van der Waals surface area (Å²) in [5.74, 6) is 2.54. The van der Waals surface area contributed by atoms with E-state index in [9.17, 15) is 4.79 Å². The van der Waals surface area contributed by atoms with Crippen LogP contribution in [0, 0.1) is 6.92 Å². The van der Waals surface area contributed by atoms with Crippen LogP contribution in [0.2, 0.25) is 5.02 Å². The number of aromatic nitrogens is 3. The number of halogens is 1. The lowest BCUT2D eigenvalue weighted by Crippen LogP contribution is -2.08. The van der Waals surface area contributed by atoms with E-state index in [1.807, 2.05) is 43.3 Å². The SMILES string of the molecule is COc1ccc(-c2nc(CSc3nc(-c4cccc(Cl)c4)cc(=O)[nH]3)c(C)o2)cc1. The number of oxazole rings is 1. The first kappa shape index (κ1) is 20.3. The fraction of sp³-hybridized carbons (Fsp3) is 0.136. The predicted molar refractivity (Wildman–Crippen MR) is 118 cm³/mol. The van der Waals surface area contributed by atoms with Gasteiger partial charge in [-0.25, -0.2) is 9.97 Å². The van der Waals surface area contributed by atoms with Crippen molar-refractivity contribution in [2.45, 2.75) is 17.8 Å². The van der Waals surface area contributed by atoms with Crippen LogP contribution in [-0.4, -0.2) is 22.1 Å². The third-order valence-corrected chi connectivity index (χ3v) is 5.54. The molecule has 8 heteroatoms. The van der Waals surface area contributed by atoms with Gasteiger partial charge in [-0.1, -0.05) is 35.5 Å². The van der Waals surface area contributed by atoms with Gasteiger partial charge in [-0.3, -0.25) is 4.79 Å². The number of methoxy groups -OCH3 is 1. The third kappa shape index (κ3) is 4.58. The van der Waals surface area contributed by atoms with Crippen molar-refractivity contribution in [2.75, 3.05) is 7.11 Å². The first-order chi connectivity index (χ1) is 14.5. The molecule has 0 bridgehead atoms. The molecular weight excluding hydrogens is 422 g/mol. The van der Waals surface area contributed by atoms with Gasteiger partial charge in [0.2, 0.25) is 5.89 Å². The molecule has 0 spiro atoms. The molecule has 1 N–H and O–H groups in total. The summed E-state index contributed by atoms with van der Waals surface area (Å²) in [5.41, 5.74) is 2.79. The summed E-state index contributed by atoms with van der Waals surface area (Å²) < 4.78 is 11.0. The van der Waals surface area contributed by atoms with Crippen LogP contribution in [0.25, 0.3) is 22.7 Å². The van der Waals surface area contributed by atoms with Gasteiger partial charge in [0.05, 0.1) is 18.5 Å². The smallest absolute Gasteiger partial charge is 0.252 e. The molecule has 0 aliphatic rings. The summed E-state index contributed by atoms with van der Waals surface area (Å²) in [6.07, 6.45) is 0. The molecule has 6 nitrogen and oxygen atoms in total. The minimum atomic E-state index is -0.224. The Morgan fingerprint density at radius 2 is 1.90 bits per heavy atom. The molecule has 0 saturated carbocycles. The first-order valence-electron chi connectivity index (χ1n) is 9.12. The first-order valence-corrected chi connectivity index (χ1v) is 10.5. The van der Waals surface area contributed by atoms with Crippen molar-refractivity contribution >= 4 is 23.4 Å². The van der Waals surface area contributed by atoms with Gasteiger partial charge >= 0.3 is 0 Å². The molecule has 2 aromatic carbocycles. The number of hydrogen-bond donors (Lipinski definition) is 1. The highest BCUT2D eigenvalue weighted by molar-refractivity contribution is 7.98. The lowest BCUT2D eigenvalue weighted by atomic mass is 10.1. The molecule has 4 rings (SSSR count). The van der Waals surface area contributed by atoms with E-state index < -0.39 is 0 Å². The largest absolute Gasteiger partial charge is 0.497 e. The minimum Gasteiger partial charge on any atom is -0.497 e. The molecule has 0 saturated heterocycles. The van der Waals surface area contributed by atoms with Crippen LogP contribution in [0.15, 0.2) is 69.0 Å². The summed E-state index contributed by atoms with van der Waals surface area (Å²) in [5, 5.41) is 1.10. The monoisotopic (exact) mass is 439 g/mol. The van der Waals surface area contributed by atoms with Crippen molar-refractivity contribution in [3.63, 3.8) is 0 Å². The van der Waals surface area contributed by atoms with Crippen molar-refractivity contribution < 1.29 is 9.15 Å². The van der Waals surface area contributed by atoms with Gasteiger partial charge in [0.15, 0.2) is 5.16 Å². The highest BCUT2D eigenvalue weighted by atomic mass is 35.5. The van der Waals surface area contributed by atoms with Crippen LogP contribution < -0.4 is 10.3 Å². The lowest BCUT2D eigenvalue weighted by molar-refractivity contribution is 0.415. The van der Waals surface area contributed by atoms with Crippen molar-refractivity contribution in [3.05, 3.63) is 81.4 Å². The topological polar surface area (TPSA) is 81.0 Å². The van der Waals surface area contributed by atoms with Gasteiger partial charge < -0.3 is 14.1 Å². The molecule has 0 aliphatic carbocycles. The summed E-state index contributed by atoms with van der Waals surface area (Å²) in [4.78, 5) is 24.0. The molecular formula is C22H18ClN3O3S. The van der Waals surface area contributed by atoms with Crippen LogP contribution in [-0.2, 0) is 5.75 Å². The Kier molecular flexibility index (Phi) is 5.92. The molecule has 0 unspecified atom stereocenters. The fourth-order valence-electron chi connectivity index (χ4n) is 2.86. The van der Waals surface area contributed by atoms with Crippen LogP contribution >= 0.6 is 23.4 Å². The van der Waals surface area contributed by atoms with Gasteiger partial charge in [0.25, 0.3) is 5.56 Å². The maximum absolute atomic E-state index is 12.1. The van der Waals surface area contributed by atoms with Gasteiger partial charge in [0.1, 0.15) is 11.5 Å². The summed E-state index contributed by atoms with van der Waals surface area (Å²) >= 11 is 7.45. The van der Waals surface area contributed by atoms with E-state index in [-0.39, 0.29) is 5.56 Å². The standard InChI is InChI=1S/C22H18ClN3O3S/c1-13-19(24-21(29-13)14-6-8-17(28-2)9-7-14)12-30-22-25-18(11-20(27)26-22)15-4-3-5-16(23)10-15/h3-11H,12H2,1-2H3,(H,25,26,27). The van der Waals surface area contributed by atoms with Crippen molar-refractivity contribution in [2.24, 2.45) is 0 Å². The highest BCUT2D eigenvalue weighted by Crippen LogP contribution is 2.28. The zero-order valence-electron chi connectivity index (χ0n) is 16.3. The number of aryl methyl sites for hydroxylation is 1. The van der Waals surface area contributed by atoms with E-state index in [4.69, 9.17) is 20.8 Å². The lowest BCUT2D eigenvalue weighted by Gasteiger charge is -2.04. The van der Waals surface area contributed by atoms with E-state index in [1.54, 1.807) is 19.2 Å². The number of hydrogen-bond acceptors (Lipinski definition) is 6.